The molecule has 0 atom stereocenters. The van der Waals surface area contributed by atoms with Crippen LogP contribution in [0.5, 0.6) is 0 Å². The lowest BCUT2D eigenvalue weighted by Gasteiger charge is -2.12. The number of Topliss-reactive ketones (excluding diaryl/α,β-unsaturated/α-hetero) is 1. The van der Waals surface area contributed by atoms with E-state index < -0.39 is 5.91 Å². The normalized spacial score (nSPS) is 10.8. The molecule has 0 fully saturated rings. The molecule has 2 heterocycles. The van der Waals surface area contributed by atoms with Crippen molar-refractivity contribution in [3.8, 4) is 16.9 Å². The number of nitrogens with zero attached hydrogens (tertiary/aromatic N) is 3. The van der Waals surface area contributed by atoms with Gasteiger partial charge in [-0.25, -0.2) is 4.68 Å². The number of carbonyl (C=O) groups excluding carboxylic acids is 2. The van der Waals surface area contributed by atoms with Crippen LogP contribution in [0.4, 0.5) is 5.82 Å². The average Bonchev–Trinajstić information content (AvgIpc) is 3.27. The van der Waals surface area contributed by atoms with Gasteiger partial charge in [0.25, 0.3) is 5.91 Å². The van der Waals surface area contributed by atoms with Crippen LogP contribution in [-0.2, 0) is 0 Å². The summed E-state index contributed by atoms with van der Waals surface area (Å²) < 4.78 is 1.51. The number of ketones is 1. The lowest BCUT2D eigenvalue weighted by Crippen LogP contribution is -2.16. The van der Waals surface area contributed by atoms with Crippen LogP contribution in [0.2, 0.25) is 10.0 Å². The number of anilines is 1. The monoisotopic (exact) mass is 493 g/mol. The van der Waals surface area contributed by atoms with Gasteiger partial charge < -0.3 is 11.1 Å². The number of nitrogens with two attached hydrogens (primary N) is 1. The second kappa shape index (κ2) is 10.6. The Bertz CT molecular complexity index is 1320. The lowest BCUT2D eigenvalue weighted by atomic mass is 10.1. The number of amides is 1. The topological polar surface area (TPSA) is 103 Å². The Morgan fingerprint density at radius 1 is 0.971 bits per heavy atom. The van der Waals surface area contributed by atoms with Gasteiger partial charge in [-0.05, 0) is 49.4 Å². The lowest BCUT2D eigenvalue weighted by molar-refractivity contribution is 0.0974. The molecule has 0 bridgehead atoms. The Kier molecular flexibility index (Phi) is 7.37. The predicted molar refractivity (Wildman–Crippen MR) is 134 cm³/mol. The van der Waals surface area contributed by atoms with E-state index in [1.54, 1.807) is 30.5 Å². The number of pyridine rings is 1. The van der Waals surface area contributed by atoms with Gasteiger partial charge >= 0.3 is 0 Å². The fraction of sp³-hybridized carbons (Fsp3) is 0.120. The molecule has 0 aliphatic carbocycles. The average molecular weight is 494 g/mol. The van der Waals surface area contributed by atoms with Crippen molar-refractivity contribution < 1.29 is 9.59 Å². The highest BCUT2D eigenvalue weighted by atomic mass is 35.5. The number of nitrogens with one attached hydrogen (secondary N) is 1. The minimum Gasteiger partial charge on any atom is -0.330 e. The molecule has 0 aliphatic rings. The number of rotatable bonds is 8. The fourth-order valence-electron chi connectivity index (χ4n) is 3.39. The summed E-state index contributed by atoms with van der Waals surface area (Å²) in [7, 11) is 0. The molecule has 9 heteroatoms. The van der Waals surface area contributed by atoms with Gasteiger partial charge in [-0.2, -0.15) is 5.10 Å². The van der Waals surface area contributed by atoms with Crippen LogP contribution in [0.3, 0.4) is 0 Å². The van der Waals surface area contributed by atoms with E-state index in [1.165, 1.54) is 10.7 Å². The molecule has 0 spiro atoms. The first-order valence-corrected chi connectivity index (χ1v) is 11.3. The number of hydrogen-bond acceptors (Lipinski definition) is 5. The molecule has 1 amide bonds. The van der Waals surface area contributed by atoms with Crippen molar-refractivity contribution in [1.29, 1.82) is 0 Å². The van der Waals surface area contributed by atoms with Crippen molar-refractivity contribution in [2.24, 2.45) is 5.73 Å². The molecular formula is C25H21Cl2N5O2. The van der Waals surface area contributed by atoms with Crippen molar-refractivity contribution in [3.05, 3.63) is 94.2 Å². The highest BCUT2D eigenvalue weighted by Crippen LogP contribution is 2.32. The molecule has 0 saturated carbocycles. The molecule has 4 aromatic rings. The summed E-state index contributed by atoms with van der Waals surface area (Å²) in [6.07, 6.45) is 2.46. The summed E-state index contributed by atoms with van der Waals surface area (Å²) in [6.45, 7) is 0.405. The zero-order chi connectivity index (χ0) is 24.1. The van der Waals surface area contributed by atoms with Crippen LogP contribution >= 0.6 is 23.2 Å². The Labute approximate surface area is 206 Å². The van der Waals surface area contributed by atoms with Gasteiger partial charge in [0.1, 0.15) is 11.5 Å². The largest absolute Gasteiger partial charge is 0.330 e. The Hall–Kier alpha value is -3.52. The van der Waals surface area contributed by atoms with Gasteiger partial charge in [-0.1, -0.05) is 47.5 Å². The fourth-order valence-corrected chi connectivity index (χ4v) is 3.95. The zero-order valence-electron chi connectivity index (χ0n) is 18.0. The van der Waals surface area contributed by atoms with Gasteiger partial charge in [0.15, 0.2) is 5.78 Å². The van der Waals surface area contributed by atoms with Gasteiger partial charge in [0.05, 0.1) is 27.0 Å². The van der Waals surface area contributed by atoms with Crippen LogP contribution in [0.1, 0.15) is 33.7 Å². The van der Waals surface area contributed by atoms with Crippen LogP contribution in [0, 0.1) is 0 Å². The first kappa shape index (κ1) is 23.6. The number of aromatic nitrogens is 3. The summed E-state index contributed by atoms with van der Waals surface area (Å²) in [4.78, 5) is 30.1. The maximum atomic E-state index is 13.3. The third-order valence-corrected chi connectivity index (χ3v) is 5.71. The predicted octanol–water partition coefficient (Wildman–Crippen LogP) is 5.42. The summed E-state index contributed by atoms with van der Waals surface area (Å²) in [5.41, 5.74) is 7.85. The maximum Gasteiger partial charge on any atom is 0.258 e. The van der Waals surface area contributed by atoms with Crippen LogP contribution in [0.25, 0.3) is 16.9 Å². The summed E-state index contributed by atoms with van der Waals surface area (Å²) in [5.74, 6) is -0.299. The number of carbonyl (C=O) groups is 2. The van der Waals surface area contributed by atoms with E-state index in [0.29, 0.717) is 40.8 Å². The first-order valence-electron chi connectivity index (χ1n) is 10.6. The minimum absolute atomic E-state index is 0.155. The molecule has 7 nitrogen and oxygen atoms in total. The Morgan fingerprint density at radius 2 is 1.74 bits per heavy atom. The SMILES string of the molecule is NCCCC(=O)c1cc(NC(=O)c2cc(-c3ccccn3)c(Cl)cc2Cl)n(-c2ccccc2)n1. The summed E-state index contributed by atoms with van der Waals surface area (Å²) in [5, 5.41) is 7.83. The van der Waals surface area contributed by atoms with Crippen molar-refractivity contribution in [1.82, 2.24) is 14.8 Å². The van der Waals surface area contributed by atoms with E-state index in [-0.39, 0.29) is 28.5 Å². The number of halogens is 2. The van der Waals surface area contributed by atoms with Gasteiger partial charge in [-0.15, -0.1) is 0 Å². The minimum atomic E-state index is -0.475. The molecular weight excluding hydrogens is 473 g/mol. The molecule has 2 aromatic heterocycles. The first-order chi connectivity index (χ1) is 16.5. The quantitative estimate of drug-likeness (QED) is 0.319. The molecule has 0 aliphatic heterocycles. The third kappa shape index (κ3) is 5.17. The molecule has 172 valence electrons. The number of benzene rings is 2. The highest BCUT2D eigenvalue weighted by Gasteiger charge is 2.20. The smallest absolute Gasteiger partial charge is 0.258 e. The van der Waals surface area contributed by atoms with Crippen LogP contribution < -0.4 is 11.1 Å². The highest BCUT2D eigenvalue weighted by molar-refractivity contribution is 6.38. The third-order valence-electron chi connectivity index (χ3n) is 5.09. The van der Waals surface area contributed by atoms with E-state index in [1.807, 2.05) is 36.4 Å². The second-order valence-electron chi connectivity index (χ2n) is 7.46. The molecule has 34 heavy (non-hydrogen) atoms. The van der Waals surface area contributed by atoms with Crippen molar-refractivity contribution >= 4 is 40.7 Å². The van der Waals surface area contributed by atoms with Crippen molar-refractivity contribution in [2.45, 2.75) is 12.8 Å². The van der Waals surface area contributed by atoms with Crippen LogP contribution in [0.15, 0.2) is 72.9 Å². The molecule has 0 radical (unpaired) electrons. The summed E-state index contributed by atoms with van der Waals surface area (Å²) in [6, 6.07) is 19.3. The molecule has 0 saturated heterocycles. The van der Waals surface area contributed by atoms with Crippen LogP contribution in [-0.4, -0.2) is 33.0 Å². The van der Waals surface area contributed by atoms with Gasteiger partial charge in [-0.3, -0.25) is 14.6 Å². The van der Waals surface area contributed by atoms with E-state index in [2.05, 4.69) is 15.4 Å². The Morgan fingerprint density at radius 3 is 2.44 bits per heavy atom. The van der Waals surface area contributed by atoms with E-state index in [4.69, 9.17) is 28.9 Å². The van der Waals surface area contributed by atoms with E-state index in [9.17, 15) is 9.59 Å². The zero-order valence-corrected chi connectivity index (χ0v) is 19.6. The van der Waals surface area contributed by atoms with Crippen molar-refractivity contribution in [3.63, 3.8) is 0 Å². The number of para-hydroxylation sites is 1. The van der Waals surface area contributed by atoms with E-state index >= 15 is 0 Å². The molecule has 0 unspecified atom stereocenters. The Balaban J connectivity index is 1.70. The van der Waals surface area contributed by atoms with Crippen molar-refractivity contribution in [2.75, 3.05) is 11.9 Å². The summed E-state index contributed by atoms with van der Waals surface area (Å²) >= 11 is 12.7. The van der Waals surface area contributed by atoms with E-state index in [0.717, 1.165) is 0 Å². The van der Waals surface area contributed by atoms with Gasteiger partial charge in [0, 0.05) is 24.2 Å². The molecule has 4 rings (SSSR count). The molecule has 3 N–H and O–H groups in total. The maximum absolute atomic E-state index is 13.3. The number of hydrogen-bond donors (Lipinski definition) is 2. The second-order valence-corrected chi connectivity index (χ2v) is 8.27. The van der Waals surface area contributed by atoms with Gasteiger partial charge in [0.2, 0.25) is 0 Å². The molecule has 2 aromatic carbocycles. The standard InChI is InChI=1S/C25H21Cl2N5O2/c26-19-14-20(27)18(13-17(19)21-9-4-5-12-29-21)25(34)30-24-15-22(23(33)10-6-11-28)31-32(24)16-7-2-1-3-8-16/h1-5,7-9,12-15H,6,10-11,28H2,(H,30,34).